The minimum atomic E-state index is -0.212. The van der Waals surface area contributed by atoms with E-state index in [0.717, 1.165) is 10.2 Å². The highest BCUT2D eigenvalue weighted by atomic mass is 79.9. The van der Waals surface area contributed by atoms with Gasteiger partial charge in [-0.25, -0.2) is 0 Å². The van der Waals surface area contributed by atoms with Gasteiger partial charge in [0.05, 0.1) is 12.8 Å². The van der Waals surface area contributed by atoms with E-state index < -0.39 is 0 Å². The summed E-state index contributed by atoms with van der Waals surface area (Å²) >= 11 is 3.35. The topological polar surface area (TPSA) is 64.3 Å². The quantitative estimate of drug-likeness (QED) is 0.853. The molecular formula is C14H13BrN2O2. The van der Waals surface area contributed by atoms with Crippen LogP contribution in [-0.2, 0) is 0 Å². The van der Waals surface area contributed by atoms with Crippen LogP contribution in [-0.4, -0.2) is 13.0 Å². The molecule has 0 spiro atoms. The molecule has 3 N–H and O–H groups in total. The molecule has 0 heterocycles. The van der Waals surface area contributed by atoms with Gasteiger partial charge < -0.3 is 15.8 Å². The Kier molecular flexibility index (Phi) is 4.06. The lowest BCUT2D eigenvalue weighted by molar-refractivity contribution is 0.102. The first-order valence-electron chi connectivity index (χ1n) is 5.60. The normalized spacial score (nSPS) is 10.0. The van der Waals surface area contributed by atoms with Gasteiger partial charge in [-0.15, -0.1) is 0 Å². The molecule has 2 rings (SSSR count). The molecule has 0 radical (unpaired) electrons. The Bertz CT molecular complexity index is 614. The van der Waals surface area contributed by atoms with Crippen LogP contribution in [0.2, 0.25) is 0 Å². The molecule has 0 aliphatic carbocycles. The van der Waals surface area contributed by atoms with Gasteiger partial charge in [-0.2, -0.15) is 0 Å². The van der Waals surface area contributed by atoms with E-state index in [0.29, 0.717) is 17.0 Å². The smallest absolute Gasteiger partial charge is 0.255 e. The zero-order chi connectivity index (χ0) is 13.8. The summed E-state index contributed by atoms with van der Waals surface area (Å²) in [6.45, 7) is 0. The molecule has 98 valence electrons. The third kappa shape index (κ3) is 3.26. The second-order valence-corrected chi connectivity index (χ2v) is 4.84. The number of amides is 1. The van der Waals surface area contributed by atoms with Gasteiger partial charge in [-0.1, -0.05) is 22.0 Å². The maximum absolute atomic E-state index is 12.1. The van der Waals surface area contributed by atoms with Crippen molar-refractivity contribution in [2.75, 3.05) is 18.2 Å². The molecule has 0 aromatic heterocycles. The number of rotatable bonds is 3. The number of nitrogens with two attached hydrogens (primary N) is 1. The minimum Gasteiger partial charge on any atom is -0.495 e. The largest absolute Gasteiger partial charge is 0.495 e. The number of hydrogen-bond acceptors (Lipinski definition) is 3. The Labute approximate surface area is 119 Å². The monoisotopic (exact) mass is 320 g/mol. The van der Waals surface area contributed by atoms with Gasteiger partial charge in [0.25, 0.3) is 5.91 Å². The molecule has 0 atom stereocenters. The van der Waals surface area contributed by atoms with Crippen LogP contribution in [0, 0.1) is 0 Å². The van der Waals surface area contributed by atoms with Gasteiger partial charge in [0, 0.05) is 15.7 Å². The van der Waals surface area contributed by atoms with Crippen molar-refractivity contribution in [1.82, 2.24) is 0 Å². The van der Waals surface area contributed by atoms with E-state index in [4.69, 9.17) is 10.5 Å². The van der Waals surface area contributed by atoms with E-state index >= 15 is 0 Å². The maximum atomic E-state index is 12.1. The van der Waals surface area contributed by atoms with Crippen LogP contribution in [0.1, 0.15) is 10.4 Å². The Balaban J connectivity index is 2.20. The van der Waals surface area contributed by atoms with Gasteiger partial charge in [0.1, 0.15) is 5.75 Å². The molecule has 0 bridgehead atoms. The van der Waals surface area contributed by atoms with Crippen LogP contribution < -0.4 is 15.8 Å². The highest BCUT2D eigenvalue weighted by Gasteiger charge is 2.09. The van der Waals surface area contributed by atoms with Gasteiger partial charge in [-0.05, 0) is 36.4 Å². The fourth-order valence-electron chi connectivity index (χ4n) is 1.62. The molecule has 0 fully saturated rings. The van der Waals surface area contributed by atoms with Crippen molar-refractivity contribution >= 4 is 33.2 Å². The average molecular weight is 321 g/mol. The third-order valence-corrected chi connectivity index (χ3v) is 3.07. The van der Waals surface area contributed by atoms with Crippen LogP contribution in [0.25, 0.3) is 0 Å². The molecular weight excluding hydrogens is 308 g/mol. The average Bonchev–Trinajstić information content (AvgIpc) is 2.39. The number of benzene rings is 2. The summed E-state index contributed by atoms with van der Waals surface area (Å²) in [5.74, 6) is 0.276. The fourth-order valence-corrected chi connectivity index (χ4v) is 2.02. The highest BCUT2D eigenvalue weighted by Crippen LogP contribution is 2.23. The van der Waals surface area contributed by atoms with E-state index in [2.05, 4.69) is 21.2 Å². The summed E-state index contributed by atoms with van der Waals surface area (Å²) in [7, 11) is 1.52. The number of ether oxygens (including phenoxy) is 1. The molecule has 1 amide bonds. The van der Waals surface area contributed by atoms with Crippen LogP contribution in [0.4, 0.5) is 11.4 Å². The molecule has 0 unspecified atom stereocenters. The van der Waals surface area contributed by atoms with Gasteiger partial charge >= 0.3 is 0 Å². The van der Waals surface area contributed by atoms with E-state index in [1.165, 1.54) is 7.11 Å². The van der Waals surface area contributed by atoms with Crippen molar-refractivity contribution in [3.63, 3.8) is 0 Å². The lowest BCUT2D eigenvalue weighted by Gasteiger charge is -2.08. The van der Waals surface area contributed by atoms with Crippen LogP contribution in [0.15, 0.2) is 46.9 Å². The lowest BCUT2D eigenvalue weighted by Crippen LogP contribution is -2.12. The Morgan fingerprint density at radius 2 is 2.05 bits per heavy atom. The van der Waals surface area contributed by atoms with Gasteiger partial charge in [-0.3, -0.25) is 4.79 Å². The van der Waals surface area contributed by atoms with Gasteiger partial charge in [0.15, 0.2) is 0 Å². The molecule has 2 aromatic rings. The van der Waals surface area contributed by atoms with Gasteiger partial charge in [0.2, 0.25) is 0 Å². The second-order valence-electron chi connectivity index (χ2n) is 3.92. The Hall–Kier alpha value is -2.01. The summed E-state index contributed by atoms with van der Waals surface area (Å²) in [5.41, 5.74) is 7.42. The van der Waals surface area contributed by atoms with E-state index in [1.807, 2.05) is 24.3 Å². The minimum absolute atomic E-state index is 0.212. The number of anilines is 2. The summed E-state index contributed by atoms with van der Waals surface area (Å²) in [6, 6.07) is 12.3. The van der Waals surface area contributed by atoms with E-state index in [1.54, 1.807) is 18.2 Å². The van der Waals surface area contributed by atoms with Crippen molar-refractivity contribution in [1.29, 1.82) is 0 Å². The second kappa shape index (κ2) is 5.75. The molecule has 0 saturated carbocycles. The summed E-state index contributed by atoms with van der Waals surface area (Å²) < 4.78 is 6.00. The van der Waals surface area contributed by atoms with Crippen molar-refractivity contribution in [2.24, 2.45) is 0 Å². The highest BCUT2D eigenvalue weighted by molar-refractivity contribution is 9.10. The van der Waals surface area contributed by atoms with Crippen molar-refractivity contribution in [3.05, 3.63) is 52.5 Å². The van der Waals surface area contributed by atoms with Crippen molar-refractivity contribution in [3.8, 4) is 5.75 Å². The summed E-state index contributed by atoms with van der Waals surface area (Å²) in [6.07, 6.45) is 0. The molecule has 4 nitrogen and oxygen atoms in total. The van der Waals surface area contributed by atoms with E-state index in [-0.39, 0.29) is 5.91 Å². The number of nitrogens with one attached hydrogen (secondary N) is 1. The molecule has 0 saturated heterocycles. The Morgan fingerprint density at radius 1 is 1.26 bits per heavy atom. The van der Waals surface area contributed by atoms with Crippen molar-refractivity contribution < 1.29 is 9.53 Å². The SMILES string of the molecule is COc1cc(C(=O)Nc2cccc(Br)c2)ccc1N. The number of methoxy groups -OCH3 is 1. The molecule has 0 aliphatic rings. The molecule has 2 aromatic carbocycles. The molecule has 19 heavy (non-hydrogen) atoms. The van der Waals surface area contributed by atoms with Crippen molar-refractivity contribution in [2.45, 2.75) is 0 Å². The third-order valence-electron chi connectivity index (χ3n) is 2.58. The van der Waals surface area contributed by atoms with Crippen LogP contribution in [0.3, 0.4) is 0 Å². The standard InChI is InChI=1S/C14H13BrN2O2/c1-19-13-7-9(5-6-12(13)16)14(18)17-11-4-2-3-10(15)8-11/h2-8H,16H2,1H3,(H,17,18). The number of carbonyl (C=O) groups excluding carboxylic acids is 1. The predicted molar refractivity (Wildman–Crippen MR) is 79.5 cm³/mol. The zero-order valence-electron chi connectivity index (χ0n) is 10.3. The van der Waals surface area contributed by atoms with Crippen LogP contribution in [0.5, 0.6) is 5.75 Å². The Morgan fingerprint density at radius 3 is 2.74 bits per heavy atom. The number of carbonyl (C=O) groups is 1. The first kappa shape index (κ1) is 13.4. The van der Waals surface area contributed by atoms with Crippen LogP contribution >= 0.6 is 15.9 Å². The zero-order valence-corrected chi connectivity index (χ0v) is 11.9. The number of nitrogen functional groups attached to an aromatic ring is 1. The number of halogens is 1. The summed E-state index contributed by atoms with van der Waals surface area (Å²) in [5, 5.41) is 2.80. The fraction of sp³-hybridized carbons (Fsp3) is 0.0714. The lowest BCUT2D eigenvalue weighted by atomic mass is 10.1. The molecule has 0 aliphatic heterocycles. The predicted octanol–water partition coefficient (Wildman–Crippen LogP) is 3.29. The first-order valence-corrected chi connectivity index (χ1v) is 6.40. The molecule has 5 heteroatoms. The maximum Gasteiger partial charge on any atom is 0.255 e. The van der Waals surface area contributed by atoms with E-state index in [9.17, 15) is 4.79 Å². The number of hydrogen-bond donors (Lipinski definition) is 2. The first-order chi connectivity index (χ1) is 9.10. The summed E-state index contributed by atoms with van der Waals surface area (Å²) in [4.78, 5) is 12.1.